The molecule has 0 radical (unpaired) electrons. The molecule has 1 aromatic carbocycles. The van der Waals surface area contributed by atoms with Crippen LogP contribution in [0.25, 0.3) is 22.0 Å². The third-order valence-corrected chi connectivity index (χ3v) is 4.39. The minimum absolute atomic E-state index is 0.0379. The SMILES string of the molecule is c1ccc2oc(C3NNCC3c3nc4ccncc4[nH]3)cc2c1. The van der Waals surface area contributed by atoms with Gasteiger partial charge in [-0.25, -0.2) is 10.4 Å². The zero-order valence-electron chi connectivity index (χ0n) is 12.3. The van der Waals surface area contributed by atoms with Crippen molar-refractivity contribution in [2.75, 3.05) is 6.54 Å². The first kappa shape index (κ1) is 12.8. The second-order valence-electron chi connectivity index (χ2n) is 5.81. The number of hydrazine groups is 1. The van der Waals surface area contributed by atoms with E-state index in [2.05, 4.69) is 33.0 Å². The Kier molecular flexibility index (Phi) is 2.73. The van der Waals surface area contributed by atoms with Crippen LogP contribution in [0.5, 0.6) is 0 Å². The highest BCUT2D eigenvalue weighted by Gasteiger charge is 2.34. The summed E-state index contributed by atoms with van der Waals surface area (Å²) in [6.45, 7) is 0.787. The topological polar surface area (TPSA) is 78.8 Å². The van der Waals surface area contributed by atoms with Gasteiger partial charge in [-0.15, -0.1) is 0 Å². The summed E-state index contributed by atoms with van der Waals surface area (Å²) < 4.78 is 6.02. The first-order valence-corrected chi connectivity index (χ1v) is 7.65. The normalized spacial score (nSPS) is 21.4. The highest BCUT2D eigenvalue weighted by Crippen LogP contribution is 2.35. The van der Waals surface area contributed by atoms with Crippen molar-refractivity contribution in [3.63, 3.8) is 0 Å². The van der Waals surface area contributed by atoms with Crippen molar-refractivity contribution in [2.24, 2.45) is 0 Å². The Hall–Kier alpha value is -2.70. The second-order valence-corrected chi connectivity index (χ2v) is 5.81. The number of nitrogens with zero attached hydrogens (tertiary/aromatic N) is 2. The number of fused-ring (bicyclic) bond motifs is 2. The zero-order valence-corrected chi connectivity index (χ0v) is 12.3. The van der Waals surface area contributed by atoms with E-state index >= 15 is 0 Å². The molecule has 4 aromatic rings. The van der Waals surface area contributed by atoms with Crippen molar-refractivity contribution in [2.45, 2.75) is 12.0 Å². The summed E-state index contributed by atoms with van der Waals surface area (Å²) in [6.07, 6.45) is 3.56. The van der Waals surface area contributed by atoms with Gasteiger partial charge in [-0.05, 0) is 18.2 Å². The quantitative estimate of drug-likeness (QED) is 0.530. The molecule has 6 nitrogen and oxygen atoms in total. The van der Waals surface area contributed by atoms with E-state index in [1.54, 1.807) is 12.4 Å². The molecule has 4 heterocycles. The highest BCUT2D eigenvalue weighted by molar-refractivity contribution is 5.78. The van der Waals surface area contributed by atoms with Crippen LogP contribution in [-0.2, 0) is 0 Å². The lowest BCUT2D eigenvalue weighted by Crippen LogP contribution is -2.24. The van der Waals surface area contributed by atoms with E-state index in [0.717, 1.165) is 40.1 Å². The lowest BCUT2D eigenvalue weighted by molar-refractivity contribution is 0.431. The molecule has 23 heavy (non-hydrogen) atoms. The van der Waals surface area contributed by atoms with Crippen molar-refractivity contribution in [1.29, 1.82) is 0 Å². The van der Waals surface area contributed by atoms with E-state index in [9.17, 15) is 0 Å². The molecule has 0 amide bonds. The molecule has 1 aliphatic rings. The molecule has 1 saturated heterocycles. The fourth-order valence-electron chi connectivity index (χ4n) is 3.23. The molecule has 2 atom stereocenters. The molecule has 1 aliphatic heterocycles. The number of pyridine rings is 1. The van der Waals surface area contributed by atoms with Gasteiger partial charge in [-0.3, -0.25) is 10.4 Å². The summed E-state index contributed by atoms with van der Waals surface area (Å²) in [7, 11) is 0. The van der Waals surface area contributed by atoms with Crippen LogP contribution in [0.2, 0.25) is 0 Å². The number of hydrogen-bond acceptors (Lipinski definition) is 5. The van der Waals surface area contributed by atoms with Gasteiger partial charge < -0.3 is 9.40 Å². The summed E-state index contributed by atoms with van der Waals surface area (Å²) in [5.41, 5.74) is 9.33. The van der Waals surface area contributed by atoms with Crippen LogP contribution in [-0.4, -0.2) is 21.5 Å². The van der Waals surface area contributed by atoms with Crippen molar-refractivity contribution in [3.05, 3.63) is 60.4 Å². The monoisotopic (exact) mass is 305 g/mol. The standard InChI is InChI=1S/C17H15N5O/c1-2-4-14-10(3-1)7-15(23-14)16-11(8-19-22-16)17-20-12-5-6-18-9-13(12)21-17/h1-7,9,11,16,19,22H,8H2,(H,20,21). The molecule has 114 valence electrons. The van der Waals surface area contributed by atoms with E-state index in [0.29, 0.717) is 0 Å². The molecule has 0 aliphatic carbocycles. The van der Waals surface area contributed by atoms with Gasteiger partial charge >= 0.3 is 0 Å². The molecule has 0 spiro atoms. The number of imidazole rings is 1. The average molecular weight is 305 g/mol. The molecule has 1 fully saturated rings. The Morgan fingerprint density at radius 1 is 1.17 bits per heavy atom. The second kappa shape index (κ2) is 4.91. The number of aromatic nitrogens is 3. The molecule has 6 heteroatoms. The van der Waals surface area contributed by atoms with Gasteiger partial charge in [0.05, 0.1) is 29.2 Å². The van der Waals surface area contributed by atoms with Gasteiger partial charge in [0.15, 0.2) is 0 Å². The Labute approximate surface area is 131 Å². The minimum Gasteiger partial charge on any atom is -0.459 e. The maximum absolute atomic E-state index is 6.02. The number of aromatic amines is 1. The van der Waals surface area contributed by atoms with Crippen LogP contribution in [0.3, 0.4) is 0 Å². The Bertz CT molecular complexity index is 843. The van der Waals surface area contributed by atoms with Crippen molar-refractivity contribution in [3.8, 4) is 0 Å². The molecule has 0 bridgehead atoms. The summed E-state index contributed by atoms with van der Waals surface area (Å²) >= 11 is 0. The Balaban J connectivity index is 1.56. The Morgan fingerprint density at radius 2 is 2.13 bits per heavy atom. The number of para-hydroxylation sites is 1. The molecule has 3 N–H and O–H groups in total. The lowest BCUT2D eigenvalue weighted by atomic mass is 9.99. The van der Waals surface area contributed by atoms with Crippen LogP contribution >= 0.6 is 0 Å². The van der Waals surface area contributed by atoms with Gasteiger partial charge in [0.25, 0.3) is 0 Å². The highest BCUT2D eigenvalue weighted by atomic mass is 16.3. The van der Waals surface area contributed by atoms with Crippen LogP contribution in [0.4, 0.5) is 0 Å². The largest absolute Gasteiger partial charge is 0.459 e. The van der Waals surface area contributed by atoms with E-state index in [1.165, 1.54) is 0 Å². The third kappa shape index (κ3) is 2.03. The first-order valence-electron chi connectivity index (χ1n) is 7.65. The van der Waals surface area contributed by atoms with Gasteiger partial charge in [0.2, 0.25) is 0 Å². The number of nitrogens with one attached hydrogen (secondary N) is 3. The van der Waals surface area contributed by atoms with E-state index in [-0.39, 0.29) is 12.0 Å². The fraction of sp³-hybridized carbons (Fsp3) is 0.176. The van der Waals surface area contributed by atoms with E-state index in [4.69, 9.17) is 9.40 Å². The van der Waals surface area contributed by atoms with Gasteiger partial charge in [-0.1, -0.05) is 18.2 Å². The predicted octanol–water partition coefficient (Wildman–Crippen LogP) is 2.64. The number of rotatable bonds is 2. The van der Waals surface area contributed by atoms with Crippen molar-refractivity contribution in [1.82, 2.24) is 25.8 Å². The summed E-state index contributed by atoms with van der Waals surface area (Å²) in [5.74, 6) is 2.03. The van der Waals surface area contributed by atoms with Gasteiger partial charge in [0.1, 0.15) is 17.2 Å². The predicted molar refractivity (Wildman–Crippen MR) is 86.7 cm³/mol. The molecule has 0 saturated carbocycles. The number of furan rings is 1. The molecule has 5 rings (SSSR count). The molecule has 2 unspecified atom stereocenters. The van der Waals surface area contributed by atoms with Gasteiger partial charge in [0, 0.05) is 18.1 Å². The molecule has 3 aromatic heterocycles. The van der Waals surface area contributed by atoms with E-state index < -0.39 is 0 Å². The van der Waals surface area contributed by atoms with E-state index in [1.807, 2.05) is 24.3 Å². The van der Waals surface area contributed by atoms with Crippen LogP contribution in [0.15, 0.2) is 53.2 Å². The number of benzene rings is 1. The van der Waals surface area contributed by atoms with Crippen LogP contribution in [0, 0.1) is 0 Å². The number of H-pyrrole nitrogens is 1. The fourth-order valence-corrected chi connectivity index (χ4v) is 3.23. The smallest absolute Gasteiger partial charge is 0.134 e. The van der Waals surface area contributed by atoms with Crippen molar-refractivity contribution >= 4 is 22.0 Å². The maximum atomic E-state index is 6.02. The number of hydrogen-bond donors (Lipinski definition) is 3. The minimum atomic E-state index is 0.0379. The van der Waals surface area contributed by atoms with Crippen LogP contribution in [0.1, 0.15) is 23.5 Å². The summed E-state index contributed by atoms with van der Waals surface area (Å²) in [4.78, 5) is 12.2. The summed E-state index contributed by atoms with van der Waals surface area (Å²) in [5, 5.41) is 1.11. The van der Waals surface area contributed by atoms with Crippen molar-refractivity contribution < 1.29 is 4.42 Å². The molecular formula is C17H15N5O. The maximum Gasteiger partial charge on any atom is 0.134 e. The van der Waals surface area contributed by atoms with Gasteiger partial charge in [-0.2, -0.15) is 0 Å². The Morgan fingerprint density at radius 3 is 3.04 bits per heavy atom. The molecular weight excluding hydrogens is 290 g/mol. The lowest BCUT2D eigenvalue weighted by Gasteiger charge is -2.13. The third-order valence-electron chi connectivity index (χ3n) is 4.39. The first-order chi connectivity index (χ1) is 11.4. The van der Waals surface area contributed by atoms with Crippen LogP contribution < -0.4 is 10.9 Å². The zero-order chi connectivity index (χ0) is 15.2. The average Bonchev–Trinajstić information content (AvgIpc) is 3.30. The summed E-state index contributed by atoms with van der Waals surface area (Å²) in [6, 6.07) is 12.1.